The lowest BCUT2D eigenvalue weighted by atomic mass is 9.88. The summed E-state index contributed by atoms with van der Waals surface area (Å²) < 4.78 is 5.58. The zero-order valence-corrected chi connectivity index (χ0v) is 21.6. The Balaban J connectivity index is 1.32. The van der Waals surface area contributed by atoms with Crippen molar-refractivity contribution in [2.45, 2.75) is 51.0 Å². The Bertz CT molecular complexity index is 834. The largest absolute Gasteiger partial charge is 0.508 e. The van der Waals surface area contributed by atoms with E-state index in [0.717, 1.165) is 37.5 Å². The second kappa shape index (κ2) is 14.3. The van der Waals surface area contributed by atoms with Gasteiger partial charge in [-0.25, -0.2) is 0 Å². The van der Waals surface area contributed by atoms with Crippen LogP contribution in [0.3, 0.4) is 0 Å². The Morgan fingerprint density at radius 2 is 1.59 bits per heavy atom. The number of ether oxygens (including phenoxy) is 1. The smallest absolute Gasteiger partial charge is 0.122 e. The highest BCUT2D eigenvalue weighted by Crippen LogP contribution is 2.34. The number of likely N-dealkylation sites (tertiary alicyclic amines) is 1. The quantitative estimate of drug-likeness (QED) is 0.387. The number of para-hydroxylation sites is 2. The fraction of sp³-hybridized carbons (Fsp3) is 0.586. The number of benzene rings is 2. The molecule has 1 N–H and O–H groups in total. The first kappa shape index (κ1) is 26.5. The van der Waals surface area contributed by atoms with Crippen LogP contribution in [0.4, 0.5) is 0 Å². The average Bonchev–Trinajstić information content (AvgIpc) is 2.86. The maximum absolute atomic E-state index is 10.2. The van der Waals surface area contributed by atoms with Crippen molar-refractivity contribution in [3.8, 4) is 11.5 Å². The van der Waals surface area contributed by atoms with Crippen molar-refractivity contribution in [1.29, 1.82) is 0 Å². The van der Waals surface area contributed by atoms with Gasteiger partial charge in [-0.1, -0.05) is 49.2 Å². The lowest BCUT2D eigenvalue weighted by Gasteiger charge is -2.32. The Hall–Kier alpha value is -2.08. The van der Waals surface area contributed by atoms with Gasteiger partial charge in [-0.05, 0) is 89.6 Å². The summed E-state index contributed by atoms with van der Waals surface area (Å²) in [4.78, 5) is 7.36. The van der Waals surface area contributed by atoms with E-state index < -0.39 is 0 Å². The lowest BCUT2D eigenvalue weighted by Crippen LogP contribution is -2.33. The summed E-state index contributed by atoms with van der Waals surface area (Å²) in [5.41, 5.74) is 2.41. The van der Waals surface area contributed by atoms with Gasteiger partial charge in [0.15, 0.2) is 0 Å². The third-order valence-corrected chi connectivity index (χ3v) is 7.11. The number of phenols is 1. The molecule has 0 spiro atoms. The number of rotatable bonds is 14. The molecule has 0 saturated carbocycles. The number of hydrogen-bond acceptors (Lipinski definition) is 5. The van der Waals surface area contributed by atoms with Crippen LogP contribution in [0.1, 0.15) is 55.6 Å². The first-order valence-corrected chi connectivity index (χ1v) is 13.1. The highest BCUT2D eigenvalue weighted by molar-refractivity contribution is 5.36. The van der Waals surface area contributed by atoms with Gasteiger partial charge in [0.05, 0.1) is 7.11 Å². The highest BCUT2D eigenvalue weighted by Gasteiger charge is 2.22. The molecule has 0 amide bonds. The van der Waals surface area contributed by atoms with Gasteiger partial charge < -0.3 is 19.6 Å². The number of aromatic hydroxyl groups is 1. The average molecular weight is 468 g/mol. The monoisotopic (exact) mass is 467 g/mol. The van der Waals surface area contributed by atoms with E-state index in [0.29, 0.717) is 11.7 Å². The van der Waals surface area contributed by atoms with Crippen LogP contribution in [0.5, 0.6) is 11.5 Å². The fourth-order valence-corrected chi connectivity index (χ4v) is 4.99. The molecule has 1 fully saturated rings. The van der Waals surface area contributed by atoms with E-state index in [4.69, 9.17) is 4.74 Å². The zero-order valence-electron chi connectivity index (χ0n) is 21.6. The van der Waals surface area contributed by atoms with Crippen molar-refractivity contribution in [2.24, 2.45) is 0 Å². The predicted molar refractivity (Wildman–Crippen MR) is 142 cm³/mol. The van der Waals surface area contributed by atoms with E-state index in [9.17, 15) is 5.11 Å². The Kier molecular flexibility index (Phi) is 11.2. The summed E-state index contributed by atoms with van der Waals surface area (Å²) in [5, 5.41) is 10.2. The molecular formula is C29H45N3O2. The molecule has 0 atom stereocenters. The molecule has 34 heavy (non-hydrogen) atoms. The molecule has 1 aliphatic rings. The lowest BCUT2D eigenvalue weighted by molar-refractivity contribution is 0.204. The summed E-state index contributed by atoms with van der Waals surface area (Å²) in [6.07, 6.45) is 7.54. The zero-order chi connectivity index (χ0) is 24.2. The SMILES string of the molecule is COc1ccccc1C1CCN(CCCCCCN(CCN(C)C)Cc2ccccc2O)CC1. The van der Waals surface area contributed by atoms with Crippen molar-refractivity contribution in [2.75, 3.05) is 60.5 Å². The van der Waals surface area contributed by atoms with E-state index >= 15 is 0 Å². The molecule has 0 aliphatic carbocycles. The van der Waals surface area contributed by atoms with Crippen LogP contribution in [-0.4, -0.2) is 80.3 Å². The minimum absolute atomic E-state index is 0.409. The van der Waals surface area contributed by atoms with Crippen LogP contribution in [0.25, 0.3) is 0 Å². The molecule has 0 radical (unpaired) electrons. The summed E-state index contributed by atoms with van der Waals surface area (Å²) in [5.74, 6) is 2.08. The maximum atomic E-state index is 10.2. The predicted octanol–water partition coefficient (Wildman–Crippen LogP) is 5.20. The van der Waals surface area contributed by atoms with E-state index in [1.807, 2.05) is 18.2 Å². The van der Waals surface area contributed by atoms with Gasteiger partial charge in [-0.2, -0.15) is 0 Å². The van der Waals surface area contributed by atoms with Gasteiger partial charge >= 0.3 is 0 Å². The van der Waals surface area contributed by atoms with Gasteiger partial charge in [0.2, 0.25) is 0 Å². The molecule has 2 aromatic carbocycles. The minimum atomic E-state index is 0.409. The van der Waals surface area contributed by atoms with Crippen LogP contribution in [0.15, 0.2) is 48.5 Å². The number of phenolic OH excluding ortho intramolecular Hbond substituents is 1. The van der Waals surface area contributed by atoms with Gasteiger partial charge in [-0.15, -0.1) is 0 Å². The second-order valence-electron chi connectivity index (χ2n) is 9.98. The molecule has 1 heterocycles. The molecule has 0 unspecified atom stereocenters. The fourth-order valence-electron chi connectivity index (χ4n) is 4.99. The molecule has 1 saturated heterocycles. The van der Waals surface area contributed by atoms with Crippen molar-refractivity contribution >= 4 is 0 Å². The first-order chi connectivity index (χ1) is 16.6. The van der Waals surface area contributed by atoms with E-state index in [2.05, 4.69) is 53.1 Å². The number of likely N-dealkylation sites (N-methyl/N-ethyl adjacent to an activating group) is 1. The number of unbranched alkanes of at least 4 members (excludes halogenated alkanes) is 3. The molecule has 2 aromatic rings. The molecular weight excluding hydrogens is 422 g/mol. The van der Waals surface area contributed by atoms with Crippen molar-refractivity contribution in [3.63, 3.8) is 0 Å². The van der Waals surface area contributed by atoms with Crippen LogP contribution < -0.4 is 4.74 Å². The number of methoxy groups -OCH3 is 1. The maximum Gasteiger partial charge on any atom is 0.122 e. The molecule has 1 aliphatic heterocycles. The van der Waals surface area contributed by atoms with Gasteiger partial charge in [-0.3, -0.25) is 4.90 Å². The summed E-state index contributed by atoms with van der Waals surface area (Å²) >= 11 is 0. The molecule has 188 valence electrons. The molecule has 5 heteroatoms. The van der Waals surface area contributed by atoms with Crippen molar-refractivity contribution in [3.05, 3.63) is 59.7 Å². The standard InChI is InChI=1S/C29H45N3O2/c1-30(2)22-23-32(24-26-12-6-8-14-28(26)33)19-11-5-4-10-18-31-20-16-25(17-21-31)27-13-7-9-15-29(27)34-3/h6-9,12-15,25,33H,4-5,10-11,16-24H2,1-3H3. The highest BCUT2D eigenvalue weighted by atomic mass is 16.5. The van der Waals surface area contributed by atoms with E-state index in [1.54, 1.807) is 13.2 Å². The van der Waals surface area contributed by atoms with Crippen LogP contribution in [-0.2, 0) is 6.54 Å². The number of hydrogen-bond donors (Lipinski definition) is 1. The summed E-state index contributed by atoms with van der Waals surface area (Å²) in [7, 11) is 6.02. The number of piperidine rings is 1. The van der Waals surface area contributed by atoms with Gasteiger partial charge in [0, 0.05) is 25.2 Å². The van der Waals surface area contributed by atoms with Gasteiger partial charge in [0.25, 0.3) is 0 Å². The molecule has 0 aromatic heterocycles. The number of nitrogens with zero attached hydrogens (tertiary/aromatic N) is 3. The molecule has 3 rings (SSSR count). The van der Waals surface area contributed by atoms with Gasteiger partial charge in [0.1, 0.15) is 11.5 Å². The Labute approximate surface area is 207 Å². The summed E-state index contributed by atoms with van der Waals surface area (Å²) in [6.45, 7) is 7.60. The van der Waals surface area contributed by atoms with E-state index in [-0.39, 0.29) is 0 Å². The molecule has 5 nitrogen and oxygen atoms in total. The van der Waals surface area contributed by atoms with E-state index in [1.165, 1.54) is 63.7 Å². The van der Waals surface area contributed by atoms with Crippen LogP contribution in [0.2, 0.25) is 0 Å². The summed E-state index contributed by atoms with van der Waals surface area (Å²) in [6, 6.07) is 16.3. The topological polar surface area (TPSA) is 39.2 Å². The van der Waals surface area contributed by atoms with Crippen molar-refractivity contribution < 1.29 is 9.84 Å². The minimum Gasteiger partial charge on any atom is -0.508 e. The third-order valence-electron chi connectivity index (χ3n) is 7.11. The third kappa shape index (κ3) is 8.61. The normalized spacial score (nSPS) is 15.3. The van der Waals surface area contributed by atoms with Crippen molar-refractivity contribution in [1.82, 2.24) is 14.7 Å². The van der Waals surface area contributed by atoms with Crippen LogP contribution in [0, 0.1) is 0 Å². The first-order valence-electron chi connectivity index (χ1n) is 13.1. The Morgan fingerprint density at radius 1 is 0.882 bits per heavy atom. The Morgan fingerprint density at radius 3 is 2.32 bits per heavy atom. The second-order valence-corrected chi connectivity index (χ2v) is 9.98. The van der Waals surface area contributed by atoms with Crippen LogP contribution >= 0.6 is 0 Å². The molecule has 0 bridgehead atoms.